The summed E-state index contributed by atoms with van der Waals surface area (Å²) >= 11 is 0. The van der Waals surface area contributed by atoms with Crippen molar-refractivity contribution in [3.63, 3.8) is 0 Å². The molecule has 7 nitrogen and oxygen atoms in total. The van der Waals surface area contributed by atoms with Gasteiger partial charge in [-0.25, -0.2) is 14.8 Å². The Morgan fingerprint density at radius 3 is 2.10 bits per heavy atom. The lowest BCUT2D eigenvalue weighted by Crippen LogP contribution is -2.38. The molecule has 3 aromatic heterocycles. The Labute approximate surface area is 178 Å². The zero-order valence-corrected chi connectivity index (χ0v) is 16.9. The van der Waals surface area contributed by atoms with Gasteiger partial charge >= 0.3 is 6.03 Å². The molecule has 31 heavy (non-hydrogen) atoms. The van der Waals surface area contributed by atoms with Gasteiger partial charge in [0.25, 0.3) is 0 Å². The van der Waals surface area contributed by atoms with Crippen molar-refractivity contribution in [2.75, 3.05) is 18.4 Å². The molecule has 0 spiro atoms. The molecule has 0 saturated carbocycles. The molecule has 1 N–H and O–H groups in total. The number of nitrogens with one attached hydrogen (secondary N) is 1. The lowest BCUT2D eigenvalue weighted by Gasteiger charge is -2.26. The largest absolute Gasteiger partial charge is 0.325 e. The number of carbonyl (C=O) groups excluding carboxylic acids is 1. The second-order valence-electron chi connectivity index (χ2n) is 7.90. The molecule has 0 atom stereocenters. The van der Waals surface area contributed by atoms with Crippen LogP contribution in [0.2, 0.25) is 0 Å². The third-order valence-electron chi connectivity index (χ3n) is 5.91. The molecular weight excluding hydrogens is 388 g/mol. The van der Waals surface area contributed by atoms with Crippen LogP contribution in [0.5, 0.6) is 0 Å². The van der Waals surface area contributed by atoms with Gasteiger partial charge < -0.3 is 10.2 Å². The van der Waals surface area contributed by atoms with Crippen LogP contribution in [0.4, 0.5) is 10.5 Å². The number of hydrogen-bond donors (Lipinski definition) is 1. The molecule has 7 heteroatoms. The first-order valence-electron chi connectivity index (χ1n) is 10.6. The van der Waals surface area contributed by atoms with Crippen molar-refractivity contribution in [2.45, 2.75) is 19.3 Å². The van der Waals surface area contributed by atoms with Crippen molar-refractivity contribution < 1.29 is 4.79 Å². The SMILES string of the molecule is O=C(Nc1ccc2nc3c4cccnc4c4ncccc4c3nc2c1)N1CCCCC1. The summed E-state index contributed by atoms with van der Waals surface area (Å²) in [5, 5.41) is 4.86. The molecule has 1 aliphatic rings. The van der Waals surface area contributed by atoms with Crippen molar-refractivity contribution >= 4 is 55.6 Å². The van der Waals surface area contributed by atoms with Crippen LogP contribution >= 0.6 is 0 Å². The number of piperidine rings is 1. The zero-order valence-electron chi connectivity index (χ0n) is 16.9. The molecule has 152 valence electrons. The van der Waals surface area contributed by atoms with Gasteiger partial charge in [0, 0.05) is 41.9 Å². The van der Waals surface area contributed by atoms with E-state index >= 15 is 0 Å². The molecule has 2 amide bonds. The van der Waals surface area contributed by atoms with Gasteiger partial charge in [-0.05, 0) is 61.7 Å². The van der Waals surface area contributed by atoms with E-state index in [1.54, 1.807) is 12.4 Å². The van der Waals surface area contributed by atoms with Crippen molar-refractivity contribution in [3.05, 3.63) is 54.9 Å². The van der Waals surface area contributed by atoms with Gasteiger partial charge in [0.15, 0.2) is 0 Å². The molecule has 0 radical (unpaired) electrons. The normalized spacial score (nSPS) is 14.5. The average Bonchev–Trinajstić information content (AvgIpc) is 2.84. The highest BCUT2D eigenvalue weighted by Gasteiger charge is 2.17. The molecule has 1 saturated heterocycles. The van der Waals surface area contributed by atoms with Crippen LogP contribution in [0.15, 0.2) is 54.9 Å². The molecule has 1 fully saturated rings. The van der Waals surface area contributed by atoms with Gasteiger partial charge in [-0.15, -0.1) is 0 Å². The van der Waals surface area contributed by atoms with Crippen LogP contribution in [-0.4, -0.2) is 44.0 Å². The second kappa shape index (κ2) is 7.12. The molecule has 6 rings (SSSR count). The van der Waals surface area contributed by atoms with E-state index in [9.17, 15) is 4.79 Å². The number of fused-ring (bicyclic) bond motifs is 7. The summed E-state index contributed by atoms with van der Waals surface area (Å²) < 4.78 is 0. The summed E-state index contributed by atoms with van der Waals surface area (Å²) in [6.07, 6.45) is 6.85. The zero-order chi connectivity index (χ0) is 20.8. The number of aromatic nitrogens is 4. The maximum absolute atomic E-state index is 12.6. The molecule has 0 bridgehead atoms. The molecule has 5 aromatic rings. The summed E-state index contributed by atoms with van der Waals surface area (Å²) in [6, 6.07) is 13.4. The van der Waals surface area contributed by atoms with E-state index in [-0.39, 0.29) is 6.03 Å². The Bertz CT molecular complexity index is 1480. The number of rotatable bonds is 1. The third kappa shape index (κ3) is 3.01. The number of nitrogens with zero attached hydrogens (tertiary/aromatic N) is 5. The van der Waals surface area contributed by atoms with Gasteiger partial charge in [0.05, 0.1) is 33.1 Å². The van der Waals surface area contributed by atoms with Crippen molar-refractivity contribution in [2.24, 2.45) is 0 Å². The summed E-state index contributed by atoms with van der Waals surface area (Å²) in [5.41, 5.74) is 5.46. The number of pyridine rings is 2. The second-order valence-corrected chi connectivity index (χ2v) is 7.90. The first-order chi connectivity index (χ1) is 15.3. The lowest BCUT2D eigenvalue weighted by atomic mass is 10.1. The average molecular weight is 408 g/mol. The standard InChI is InChI=1S/C24H20N6O/c31-24(30-12-2-1-3-13-30)27-15-8-9-18-19(14-15)29-23-17-7-5-11-26-21(17)20-16(22(23)28-18)6-4-10-25-20/h4-11,14H,1-3,12-13H2,(H,27,31). The minimum atomic E-state index is -0.0560. The van der Waals surface area contributed by atoms with E-state index in [2.05, 4.69) is 15.3 Å². The number of likely N-dealkylation sites (tertiary alicyclic amines) is 1. The fourth-order valence-electron chi connectivity index (χ4n) is 4.38. The third-order valence-corrected chi connectivity index (χ3v) is 5.91. The maximum atomic E-state index is 12.6. The predicted molar refractivity (Wildman–Crippen MR) is 122 cm³/mol. The Hall–Kier alpha value is -3.87. The quantitative estimate of drug-likeness (QED) is 0.315. The smallest absolute Gasteiger partial charge is 0.321 e. The van der Waals surface area contributed by atoms with Crippen molar-refractivity contribution in [3.8, 4) is 0 Å². The lowest BCUT2D eigenvalue weighted by molar-refractivity contribution is 0.200. The first kappa shape index (κ1) is 17.9. The van der Waals surface area contributed by atoms with Gasteiger partial charge in [0.2, 0.25) is 0 Å². The van der Waals surface area contributed by atoms with Crippen LogP contribution in [0.25, 0.3) is 43.9 Å². The highest BCUT2D eigenvalue weighted by Crippen LogP contribution is 2.32. The van der Waals surface area contributed by atoms with Gasteiger partial charge in [0.1, 0.15) is 0 Å². The first-order valence-corrected chi connectivity index (χ1v) is 10.6. The van der Waals surface area contributed by atoms with Crippen LogP contribution < -0.4 is 5.32 Å². The van der Waals surface area contributed by atoms with Crippen molar-refractivity contribution in [1.82, 2.24) is 24.8 Å². The Morgan fingerprint density at radius 2 is 1.42 bits per heavy atom. The van der Waals surface area contributed by atoms with E-state index < -0.39 is 0 Å². The van der Waals surface area contributed by atoms with Crippen LogP contribution in [-0.2, 0) is 0 Å². The number of benzene rings is 2. The summed E-state index contributed by atoms with van der Waals surface area (Å²) in [6.45, 7) is 1.62. The number of anilines is 1. The number of hydrogen-bond acceptors (Lipinski definition) is 5. The molecule has 0 aliphatic carbocycles. The van der Waals surface area contributed by atoms with E-state index in [1.807, 2.05) is 47.4 Å². The molecule has 1 aliphatic heterocycles. The monoisotopic (exact) mass is 408 g/mol. The fourth-order valence-corrected chi connectivity index (χ4v) is 4.38. The van der Waals surface area contributed by atoms with Crippen LogP contribution in [0.3, 0.4) is 0 Å². The van der Waals surface area contributed by atoms with E-state index in [4.69, 9.17) is 9.97 Å². The Morgan fingerprint density at radius 1 is 0.774 bits per heavy atom. The maximum Gasteiger partial charge on any atom is 0.321 e. The molecule has 4 heterocycles. The molecule has 0 unspecified atom stereocenters. The van der Waals surface area contributed by atoms with E-state index in [1.165, 1.54) is 6.42 Å². The predicted octanol–water partition coefficient (Wildman–Crippen LogP) is 4.90. The van der Waals surface area contributed by atoms with Gasteiger partial charge in [-0.3, -0.25) is 9.97 Å². The Kier molecular flexibility index (Phi) is 4.12. The van der Waals surface area contributed by atoms with Crippen LogP contribution in [0.1, 0.15) is 19.3 Å². The number of urea groups is 1. The minimum absolute atomic E-state index is 0.0560. The van der Waals surface area contributed by atoms with Crippen LogP contribution in [0, 0.1) is 0 Å². The minimum Gasteiger partial charge on any atom is -0.325 e. The topological polar surface area (TPSA) is 83.9 Å². The molecular formula is C24H20N6O. The van der Waals surface area contributed by atoms with Gasteiger partial charge in [-0.2, -0.15) is 0 Å². The van der Waals surface area contributed by atoms with Crippen molar-refractivity contribution in [1.29, 1.82) is 0 Å². The highest BCUT2D eigenvalue weighted by molar-refractivity contribution is 6.21. The van der Waals surface area contributed by atoms with E-state index in [0.717, 1.165) is 75.5 Å². The summed E-state index contributed by atoms with van der Waals surface area (Å²) in [4.78, 5) is 33.4. The van der Waals surface area contributed by atoms with Gasteiger partial charge in [-0.1, -0.05) is 0 Å². The Balaban J connectivity index is 1.51. The summed E-state index contributed by atoms with van der Waals surface area (Å²) in [5.74, 6) is 0. The number of amides is 2. The fraction of sp³-hybridized carbons (Fsp3) is 0.208. The number of carbonyl (C=O) groups is 1. The highest BCUT2D eigenvalue weighted by atomic mass is 16.2. The van der Waals surface area contributed by atoms with E-state index in [0.29, 0.717) is 0 Å². The molecule has 2 aromatic carbocycles. The summed E-state index contributed by atoms with van der Waals surface area (Å²) in [7, 11) is 0.